The number of aromatic nitrogens is 5. The summed E-state index contributed by atoms with van der Waals surface area (Å²) in [5, 5.41) is 26.7. The summed E-state index contributed by atoms with van der Waals surface area (Å²) >= 11 is 1.33. The summed E-state index contributed by atoms with van der Waals surface area (Å²) in [6, 6.07) is 5.72. The van der Waals surface area contributed by atoms with Gasteiger partial charge in [-0.2, -0.15) is 9.61 Å². The van der Waals surface area contributed by atoms with Gasteiger partial charge in [0.05, 0.1) is 27.7 Å². The summed E-state index contributed by atoms with van der Waals surface area (Å²) in [5.74, 6) is -0.431. The lowest BCUT2D eigenvalue weighted by molar-refractivity contribution is 0.0956. The molecule has 176 valence electrons. The highest BCUT2D eigenvalue weighted by molar-refractivity contribution is 7.17. The molecular weight excluding hydrogens is 458 g/mol. The van der Waals surface area contributed by atoms with Gasteiger partial charge in [-0.3, -0.25) is 14.8 Å². The minimum Gasteiger partial charge on any atom is -0.493 e. The fourth-order valence-corrected chi connectivity index (χ4v) is 4.33. The second kappa shape index (κ2) is 9.23. The maximum atomic E-state index is 12.5. The summed E-state index contributed by atoms with van der Waals surface area (Å²) in [6.07, 6.45) is 6.60. The molecule has 0 aliphatic heterocycles. The molecule has 5 N–H and O–H groups in total. The maximum Gasteiger partial charge on any atom is 0.326 e. The van der Waals surface area contributed by atoms with Crippen molar-refractivity contribution in [3.8, 4) is 16.5 Å². The van der Waals surface area contributed by atoms with Crippen LogP contribution in [0.25, 0.3) is 22.3 Å². The van der Waals surface area contributed by atoms with E-state index < -0.39 is 5.69 Å². The summed E-state index contributed by atoms with van der Waals surface area (Å²) in [6.45, 7) is 0.611. The molecule has 0 saturated heterocycles. The molecule has 1 amide bonds. The van der Waals surface area contributed by atoms with Crippen molar-refractivity contribution in [3.05, 3.63) is 56.2 Å². The smallest absolute Gasteiger partial charge is 0.326 e. The maximum absolute atomic E-state index is 12.5. The largest absolute Gasteiger partial charge is 0.493 e. The fourth-order valence-electron chi connectivity index (χ4n) is 3.45. The number of H-pyrrole nitrogens is 2. The van der Waals surface area contributed by atoms with Gasteiger partial charge in [-0.15, -0.1) is 11.3 Å². The van der Waals surface area contributed by atoms with Crippen LogP contribution in [-0.2, 0) is 0 Å². The van der Waals surface area contributed by atoms with E-state index in [4.69, 9.17) is 15.1 Å². The number of amides is 1. The number of hydrogen-bond donors (Lipinski definition) is 5. The molecule has 1 saturated carbocycles. The zero-order chi connectivity index (χ0) is 23.7. The van der Waals surface area contributed by atoms with Crippen LogP contribution in [0.15, 0.2) is 34.2 Å². The van der Waals surface area contributed by atoms with Gasteiger partial charge in [0.15, 0.2) is 11.1 Å². The standard InChI is InChI=1S/C22H23N7O4S/c30-8-2-1-7-23-21(32)17-6-5-16(34-17)14-10-18(25-13-3-4-13)29-19(26-14)12(11-24-29)9-15-20(31)28-22(33)27-15/h5-6,9-11,13,30-31H,1-4,7-8H2,(H,23,32)(H2,27,28,33). The van der Waals surface area contributed by atoms with E-state index in [2.05, 4.69) is 20.4 Å². The Hall–Kier alpha value is -3.77. The van der Waals surface area contributed by atoms with Crippen LogP contribution in [-0.4, -0.2) is 59.9 Å². The van der Waals surface area contributed by atoms with Gasteiger partial charge in [0.2, 0.25) is 5.88 Å². The van der Waals surface area contributed by atoms with E-state index in [9.17, 15) is 14.7 Å². The lowest BCUT2D eigenvalue weighted by Gasteiger charge is -2.02. The Labute approximate surface area is 196 Å². The first kappa shape index (κ1) is 22.0. The Morgan fingerprint density at radius 1 is 1.32 bits per heavy atom. The number of aromatic hydroxyl groups is 1. The molecule has 4 heterocycles. The van der Waals surface area contributed by atoms with Crippen molar-refractivity contribution in [2.75, 3.05) is 13.2 Å². The van der Waals surface area contributed by atoms with E-state index in [0.29, 0.717) is 46.3 Å². The van der Waals surface area contributed by atoms with E-state index >= 15 is 0 Å². The molecule has 0 unspecified atom stereocenters. The number of imidazole rings is 1. The Kier molecular flexibility index (Phi) is 5.99. The number of nitrogens with one attached hydrogen (secondary N) is 3. The number of aliphatic hydroxyl groups excluding tert-OH is 1. The number of rotatable bonds is 8. The summed E-state index contributed by atoms with van der Waals surface area (Å²) < 4.78 is 1.64. The highest BCUT2D eigenvalue weighted by Gasteiger charge is 2.21. The van der Waals surface area contributed by atoms with Crippen molar-refractivity contribution in [1.29, 1.82) is 0 Å². The highest BCUT2D eigenvalue weighted by Crippen LogP contribution is 2.27. The molecule has 0 aromatic carbocycles. The van der Waals surface area contributed by atoms with Crippen LogP contribution in [0.5, 0.6) is 5.88 Å². The summed E-state index contributed by atoms with van der Waals surface area (Å²) in [7, 11) is 0. The van der Waals surface area contributed by atoms with Gasteiger partial charge >= 0.3 is 5.69 Å². The van der Waals surface area contributed by atoms with Crippen molar-refractivity contribution in [3.63, 3.8) is 0 Å². The first-order chi connectivity index (χ1) is 16.5. The van der Waals surface area contributed by atoms with E-state index in [0.717, 1.165) is 17.7 Å². The second-order valence-corrected chi connectivity index (χ2v) is 9.12. The monoisotopic (exact) mass is 481 g/mol. The van der Waals surface area contributed by atoms with Crippen LogP contribution in [0.3, 0.4) is 0 Å². The fraction of sp³-hybridized carbons (Fsp3) is 0.318. The summed E-state index contributed by atoms with van der Waals surface area (Å²) in [5.41, 5.74) is 1.53. The van der Waals surface area contributed by atoms with Gasteiger partial charge in [-0.25, -0.2) is 9.78 Å². The van der Waals surface area contributed by atoms with Crippen molar-refractivity contribution in [2.24, 2.45) is 4.99 Å². The molecule has 1 aliphatic rings. The number of aromatic amines is 2. The third-order valence-electron chi connectivity index (χ3n) is 5.33. The lowest BCUT2D eigenvalue weighted by Crippen LogP contribution is -2.23. The van der Waals surface area contributed by atoms with E-state index in [1.807, 2.05) is 12.1 Å². The zero-order valence-electron chi connectivity index (χ0n) is 18.1. The van der Waals surface area contributed by atoms with Crippen LogP contribution in [0.1, 0.15) is 41.0 Å². The highest BCUT2D eigenvalue weighted by atomic mass is 32.1. The molecule has 34 heavy (non-hydrogen) atoms. The van der Waals surface area contributed by atoms with Crippen LogP contribution in [0.2, 0.25) is 0 Å². The molecule has 5 rings (SSSR count). The molecule has 11 nitrogen and oxygen atoms in total. The van der Waals surface area contributed by atoms with Gasteiger partial charge in [-0.05, 0) is 43.9 Å². The van der Waals surface area contributed by atoms with Crippen molar-refractivity contribution < 1.29 is 15.0 Å². The van der Waals surface area contributed by atoms with Gasteiger partial charge in [0.25, 0.3) is 5.91 Å². The number of aliphatic hydroxyl groups is 1. The number of carbonyl (C=O) groups excluding carboxylic acids is 1. The first-order valence-corrected chi connectivity index (χ1v) is 11.8. The van der Waals surface area contributed by atoms with Crippen LogP contribution < -0.4 is 21.7 Å². The average molecular weight is 482 g/mol. The topological polar surface area (TPSA) is 161 Å². The minimum absolute atomic E-state index is 0.106. The van der Waals surface area contributed by atoms with Gasteiger partial charge in [0.1, 0.15) is 5.69 Å². The third-order valence-corrected chi connectivity index (χ3v) is 6.44. The molecule has 0 radical (unpaired) electrons. The predicted molar refractivity (Wildman–Crippen MR) is 125 cm³/mol. The van der Waals surface area contributed by atoms with E-state index in [1.165, 1.54) is 11.3 Å². The molecule has 4 aromatic heterocycles. The number of thiophene rings is 1. The molecule has 0 bridgehead atoms. The van der Waals surface area contributed by atoms with Crippen molar-refractivity contribution in [2.45, 2.75) is 31.7 Å². The van der Waals surface area contributed by atoms with Crippen molar-refractivity contribution in [1.82, 2.24) is 29.9 Å². The van der Waals surface area contributed by atoms with Gasteiger partial charge in [-0.1, -0.05) is 0 Å². The quantitative estimate of drug-likeness (QED) is 0.227. The first-order valence-electron chi connectivity index (χ1n) is 11.0. The van der Waals surface area contributed by atoms with Crippen LogP contribution in [0.4, 0.5) is 0 Å². The number of nitrogens with zero attached hydrogens (tertiary/aromatic N) is 4. The Balaban J connectivity index is 1.55. The molecule has 1 aliphatic carbocycles. The number of carbonyl (C=O) groups is 1. The lowest BCUT2D eigenvalue weighted by atomic mass is 10.3. The Bertz CT molecular complexity index is 1530. The van der Waals surface area contributed by atoms with E-state index in [1.54, 1.807) is 22.9 Å². The van der Waals surface area contributed by atoms with Gasteiger partial charge in [0, 0.05) is 24.4 Å². The molecule has 1 fully saturated rings. The molecule has 12 heteroatoms. The average Bonchev–Trinajstić information content (AvgIpc) is 3.19. The zero-order valence-corrected chi connectivity index (χ0v) is 18.9. The van der Waals surface area contributed by atoms with Gasteiger partial charge < -0.3 is 20.5 Å². The van der Waals surface area contributed by atoms with E-state index in [-0.39, 0.29) is 30.1 Å². The normalized spacial score (nSPS) is 14.9. The second-order valence-electron chi connectivity index (χ2n) is 8.03. The molecule has 0 atom stereocenters. The molecule has 0 spiro atoms. The minimum atomic E-state index is -0.515. The third kappa shape index (κ3) is 4.63. The number of fused-ring (bicyclic) bond motifs is 1. The van der Waals surface area contributed by atoms with Crippen molar-refractivity contribution >= 4 is 29.0 Å². The van der Waals surface area contributed by atoms with Crippen LogP contribution >= 0.6 is 11.3 Å². The van der Waals surface area contributed by atoms with Crippen LogP contribution in [0, 0.1) is 0 Å². The molecular formula is C22H23N7O4S. The Morgan fingerprint density at radius 2 is 2.18 bits per heavy atom. The summed E-state index contributed by atoms with van der Waals surface area (Å²) in [4.78, 5) is 39.7. The number of unbranched alkanes of at least 4 members (excludes halogenated alkanes) is 1. The molecule has 4 aromatic rings. The Morgan fingerprint density at radius 3 is 2.91 bits per heavy atom. The number of hydrogen-bond acceptors (Lipinski definition) is 8. The predicted octanol–water partition coefficient (Wildman–Crippen LogP) is 0.293. The SMILES string of the molecule is O=C(NCCCCO)c1ccc(-c2cc(=NC3CC3)n3ncc(=Cc4[nH]c(=O)[nH]c4O)c3n2)s1.